The van der Waals surface area contributed by atoms with Gasteiger partial charge in [0.2, 0.25) is 11.8 Å². The van der Waals surface area contributed by atoms with Gasteiger partial charge in [0.05, 0.1) is 17.2 Å². The third-order valence-corrected chi connectivity index (χ3v) is 8.05. The van der Waals surface area contributed by atoms with Gasteiger partial charge in [0, 0.05) is 13.1 Å². The number of rotatable bonds is 14. The van der Waals surface area contributed by atoms with E-state index in [-0.39, 0.29) is 17.3 Å². The number of nitrogens with zero attached hydrogens (tertiary/aromatic N) is 2. The van der Waals surface area contributed by atoms with Crippen LogP contribution in [-0.2, 0) is 26.0 Å². The Morgan fingerprint density at radius 3 is 2.05 bits per heavy atom. The van der Waals surface area contributed by atoms with Crippen molar-refractivity contribution in [3.8, 4) is 5.75 Å². The zero-order chi connectivity index (χ0) is 28.3. The van der Waals surface area contributed by atoms with E-state index in [1.54, 1.807) is 42.5 Å². The quantitative estimate of drug-likeness (QED) is 0.323. The van der Waals surface area contributed by atoms with Crippen molar-refractivity contribution in [2.75, 3.05) is 30.5 Å². The number of ether oxygens (including phenoxy) is 1. The van der Waals surface area contributed by atoms with E-state index in [2.05, 4.69) is 5.32 Å². The molecule has 0 unspecified atom stereocenters. The molecule has 3 rings (SSSR count). The number of nitrogens with one attached hydrogen (secondary N) is 1. The Morgan fingerprint density at radius 1 is 0.872 bits per heavy atom. The van der Waals surface area contributed by atoms with Crippen LogP contribution in [0.3, 0.4) is 0 Å². The van der Waals surface area contributed by atoms with Gasteiger partial charge >= 0.3 is 0 Å². The van der Waals surface area contributed by atoms with Crippen molar-refractivity contribution in [3.63, 3.8) is 0 Å². The number of amides is 2. The summed E-state index contributed by atoms with van der Waals surface area (Å²) >= 11 is 0. The van der Waals surface area contributed by atoms with E-state index in [4.69, 9.17) is 4.74 Å². The molecule has 0 saturated carbocycles. The first-order valence-electron chi connectivity index (χ1n) is 13.2. The maximum atomic E-state index is 13.9. The summed E-state index contributed by atoms with van der Waals surface area (Å²) in [5.41, 5.74) is 1.34. The fraction of sp³-hybridized carbons (Fsp3) is 0.333. The highest BCUT2D eigenvalue weighted by Gasteiger charge is 2.33. The molecule has 0 aromatic heterocycles. The molecule has 0 heterocycles. The number of benzene rings is 3. The van der Waals surface area contributed by atoms with Crippen LogP contribution in [0.15, 0.2) is 89.8 Å². The molecule has 39 heavy (non-hydrogen) atoms. The summed E-state index contributed by atoms with van der Waals surface area (Å²) in [6.07, 6.45) is 0.915. The molecule has 0 spiro atoms. The monoisotopic (exact) mass is 551 g/mol. The summed E-state index contributed by atoms with van der Waals surface area (Å²) in [6, 6.07) is 23.5. The topological polar surface area (TPSA) is 96.0 Å². The standard InChI is InChI=1S/C30H37N3O5S/c1-4-28(30(35)31-5-2)32(22-21-24-13-9-7-10-14-24)29(34)23-33(25-17-19-26(20-18-25)38-6-3)39(36,37)27-15-11-8-12-16-27/h7-20,28H,4-6,21-23H2,1-3H3,(H,31,35)/t28-/m0/s1. The maximum Gasteiger partial charge on any atom is 0.264 e. The minimum atomic E-state index is -4.09. The minimum absolute atomic E-state index is 0.0679. The summed E-state index contributed by atoms with van der Waals surface area (Å²) in [7, 11) is -4.09. The number of anilines is 1. The Labute approximate surface area is 231 Å². The van der Waals surface area contributed by atoms with Crippen LogP contribution in [0.4, 0.5) is 5.69 Å². The van der Waals surface area contributed by atoms with Gasteiger partial charge < -0.3 is 15.0 Å². The number of likely N-dealkylation sites (N-methyl/N-ethyl adjacent to an activating group) is 1. The van der Waals surface area contributed by atoms with Gasteiger partial charge in [0.15, 0.2) is 0 Å². The zero-order valence-electron chi connectivity index (χ0n) is 22.7. The number of carbonyl (C=O) groups excluding carboxylic acids is 2. The fourth-order valence-corrected chi connectivity index (χ4v) is 5.75. The molecule has 0 aliphatic rings. The van der Waals surface area contributed by atoms with Gasteiger partial charge in [-0.15, -0.1) is 0 Å². The lowest BCUT2D eigenvalue weighted by molar-refractivity contribution is -0.139. The van der Waals surface area contributed by atoms with Crippen molar-refractivity contribution in [2.45, 2.75) is 44.6 Å². The first kappa shape index (κ1) is 29.7. The third kappa shape index (κ3) is 7.83. The molecule has 208 valence electrons. The van der Waals surface area contributed by atoms with Crippen LogP contribution in [-0.4, -0.2) is 57.4 Å². The van der Waals surface area contributed by atoms with Crippen molar-refractivity contribution in [1.29, 1.82) is 0 Å². The molecular formula is C30H37N3O5S. The molecule has 0 bridgehead atoms. The smallest absolute Gasteiger partial charge is 0.264 e. The molecule has 9 heteroatoms. The predicted molar refractivity (Wildman–Crippen MR) is 153 cm³/mol. The summed E-state index contributed by atoms with van der Waals surface area (Å²) < 4.78 is 34.2. The largest absolute Gasteiger partial charge is 0.494 e. The van der Waals surface area contributed by atoms with Crippen molar-refractivity contribution in [3.05, 3.63) is 90.5 Å². The molecular weight excluding hydrogens is 514 g/mol. The molecule has 2 amide bonds. The average molecular weight is 552 g/mol. The van der Waals surface area contributed by atoms with Crippen LogP contribution in [0.25, 0.3) is 0 Å². The number of hydrogen-bond donors (Lipinski definition) is 1. The lowest BCUT2D eigenvalue weighted by Gasteiger charge is -2.33. The second-order valence-corrected chi connectivity index (χ2v) is 10.8. The van der Waals surface area contributed by atoms with Crippen LogP contribution < -0.4 is 14.4 Å². The zero-order valence-corrected chi connectivity index (χ0v) is 23.6. The van der Waals surface area contributed by atoms with Gasteiger partial charge in [-0.2, -0.15) is 0 Å². The highest BCUT2D eigenvalue weighted by Crippen LogP contribution is 2.26. The Bertz CT molecular complexity index is 1300. The van der Waals surface area contributed by atoms with Gasteiger partial charge in [0.1, 0.15) is 18.3 Å². The first-order valence-corrected chi connectivity index (χ1v) is 14.7. The lowest BCUT2D eigenvalue weighted by Crippen LogP contribution is -2.53. The number of sulfonamides is 1. The van der Waals surface area contributed by atoms with Gasteiger partial charge in [-0.05, 0) is 68.7 Å². The van der Waals surface area contributed by atoms with Gasteiger partial charge in [-0.25, -0.2) is 8.42 Å². The van der Waals surface area contributed by atoms with E-state index in [0.717, 1.165) is 9.87 Å². The summed E-state index contributed by atoms with van der Waals surface area (Å²) in [6.45, 7) is 6.22. The van der Waals surface area contributed by atoms with E-state index >= 15 is 0 Å². The second-order valence-electron chi connectivity index (χ2n) is 8.89. The van der Waals surface area contributed by atoms with Gasteiger partial charge in [-0.3, -0.25) is 13.9 Å². The Kier molecular flexibility index (Phi) is 10.9. The maximum absolute atomic E-state index is 13.9. The van der Waals surface area contributed by atoms with Crippen molar-refractivity contribution >= 4 is 27.5 Å². The van der Waals surface area contributed by atoms with Crippen LogP contribution in [0, 0.1) is 0 Å². The SMILES string of the molecule is CCNC(=O)[C@H](CC)N(CCc1ccccc1)C(=O)CN(c1ccc(OCC)cc1)S(=O)(=O)c1ccccc1. The molecule has 0 fully saturated rings. The Morgan fingerprint density at radius 2 is 1.49 bits per heavy atom. The van der Waals surface area contributed by atoms with E-state index < -0.39 is 28.5 Å². The fourth-order valence-electron chi connectivity index (χ4n) is 4.31. The molecule has 0 radical (unpaired) electrons. The summed E-state index contributed by atoms with van der Waals surface area (Å²) in [4.78, 5) is 28.4. The van der Waals surface area contributed by atoms with Crippen LogP contribution >= 0.6 is 0 Å². The number of carbonyl (C=O) groups is 2. The second kappa shape index (κ2) is 14.3. The van der Waals surface area contributed by atoms with Crippen LogP contribution in [0.2, 0.25) is 0 Å². The van der Waals surface area contributed by atoms with Crippen LogP contribution in [0.1, 0.15) is 32.8 Å². The predicted octanol–water partition coefficient (Wildman–Crippen LogP) is 4.27. The van der Waals surface area contributed by atoms with E-state index in [9.17, 15) is 18.0 Å². The van der Waals surface area contributed by atoms with E-state index in [1.165, 1.54) is 17.0 Å². The van der Waals surface area contributed by atoms with Crippen LogP contribution in [0.5, 0.6) is 5.75 Å². The molecule has 0 saturated heterocycles. The molecule has 1 atom stereocenters. The highest BCUT2D eigenvalue weighted by atomic mass is 32.2. The molecule has 0 aliphatic heterocycles. The van der Waals surface area contributed by atoms with Gasteiger partial charge in [-0.1, -0.05) is 55.5 Å². The normalized spacial score (nSPS) is 11.9. The molecule has 0 aliphatic carbocycles. The molecule has 8 nitrogen and oxygen atoms in total. The molecule has 3 aromatic rings. The minimum Gasteiger partial charge on any atom is -0.494 e. The van der Waals surface area contributed by atoms with Crippen molar-refractivity contribution < 1.29 is 22.7 Å². The van der Waals surface area contributed by atoms with Crippen molar-refractivity contribution in [1.82, 2.24) is 10.2 Å². The number of hydrogen-bond acceptors (Lipinski definition) is 5. The highest BCUT2D eigenvalue weighted by molar-refractivity contribution is 7.92. The van der Waals surface area contributed by atoms with Gasteiger partial charge in [0.25, 0.3) is 10.0 Å². The summed E-state index contributed by atoms with van der Waals surface area (Å²) in [5.74, 6) is -0.131. The van der Waals surface area contributed by atoms with Crippen molar-refractivity contribution in [2.24, 2.45) is 0 Å². The molecule has 3 aromatic carbocycles. The lowest BCUT2D eigenvalue weighted by atomic mass is 10.1. The van der Waals surface area contributed by atoms with E-state index in [0.29, 0.717) is 37.4 Å². The Hall–Kier alpha value is -3.85. The average Bonchev–Trinajstić information content (AvgIpc) is 2.95. The first-order chi connectivity index (χ1) is 18.8. The third-order valence-electron chi connectivity index (χ3n) is 6.27. The van der Waals surface area contributed by atoms with E-state index in [1.807, 2.05) is 51.1 Å². The Balaban J connectivity index is 1.99. The summed E-state index contributed by atoms with van der Waals surface area (Å²) in [5, 5.41) is 2.81. The molecule has 1 N–H and O–H groups in total.